The molecule has 0 bridgehead atoms. The van der Waals surface area contributed by atoms with Crippen molar-refractivity contribution in [1.82, 2.24) is 4.90 Å². The van der Waals surface area contributed by atoms with Gasteiger partial charge in [-0.05, 0) is 12.8 Å². The first-order valence-corrected chi connectivity index (χ1v) is 5.03. The van der Waals surface area contributed by atoms with Gasteiger partial charge in [-0.1, -0.05) is 12.8 Å². The average molecular weight is 192 g/mol. The molecule has 0 amide bonds. The molecule has 1 saturated carbocycles. The van der Waals surface area contributed by atoms with Crippen molar-refractivity contribution >= 4 is 0 Å². The molecule has 4 heteroatoms. The molecule has 0 aliphatic heterocycles. The van der Waals surface area contributed by atoms with Crippen LogP contribution in [0.5, 0.6) is 0 Å². The molecule has 1 fully saturated rings. The first-order valence-electron chi connectivity index (χ1n) is 5.03. The standard InChI is InChI=1S/C10H16N4/c11-5-7-14(8-6-12)10-4-2-1-3-9(10)13/h9-10H,1-4,7-8,13H2. The number of rotatable bonds is 3. The Balaban J connectivity index is 2.57. The summed E-state index contributed by atoms with van der Waals surface area (Å²) in [4.78, 5) is 1.89. The summed E-state index contributed by atoms with van der Waals surface area (Å²) in [6, 6.07) is 4.53. The van der Waals surface area contributed by atoms with Crippen LogP contribution < -0.4 is 5.73 Å². The lowest BCUT2D eigenvalue weighted by Crippen LogP contribution is -2.49. The third kappa shape index (κ3) is 2.70. The Morgan fingerprint density at radius 2 is 1.71 bits per heavy atom. The van der Waals surface area contributed by atoms with Crippen molar-refractivity contribution in [1.29, 1.82) is 10.5 Å². The summed E-state index contributed by atoms with van der Waals surface area (Å²) >= 11 is 0. The molecule has 1 rings (SSSR count). The molecule has 1 aliphatic carbocycles. The van der Waals surface area contributed by atoms with Crippen molar-refractivity contribution in [2.24, 2.45) is 5.73 Å². The normalized spacial score (nSPS) is 26.9. The van der Waals surface area contributed by atoms with Gasteiger partial charge in [-0.25, -0.2) is 0 Å². The lowest BCUT2D eigenvalue weighted by atomic mass is 9.90. The van der Waals surface area contributed by atoms with Crippen LogP contribution in [0, 0.1) is 22.7 Å². The first kappa shape index (κ1) is 11.0. The monoisotopic (exact) mass is 192 g/mol. The van der Waals surface area contributed by atoms with Gasteiger partial charge >= 0.3 is 0 Å². The van der Waals surface area contributed by atoms with Gasteiger partial charge in [0, 0.05) is 12.1 Å². The molecule has 1 aliphatic rings. The maximum atomic E-state index is 8.64. The lowest BCUT2D eigenvalue weighted by molar-refractivity contribution is 0.170. The van der Waals surface area contributed by atoms with E-state index in [0.29, 0.717) is 13.1 Å². The molecule has 14 heavy (non-hydrogen) atoms. The van der Waals surface area contributed by atoms with Crippen molar-refractivity contribution in [2.45, 2.75) is 37.8 Å². The second kappa shape index (κ2) is 5.59. The van der Waals surface area contributed by atoms with Gasteiger partial charge in [-0.15, -0.1) is 0 Å². The minimum absolute atomic E-state index is 0.130. The third-order valence-electron chi connectivity index (χ3n) is 2.80. The van der Waals surface area contributed by atoms with Gasteiger partial charge in [0.15, 0.2) is 0 Å². The molecule has 0 aromatic rings. The molecule has 0 radical (unpaired) electrons. The van der Waals surface area contributed by atoms with Crippen LogP contribution in [-0.4, -0.2) is 30.1 Å². The van der Waals surface area contributed by atoms with Crippen LogP contribution in [0.1, 0.15) is 25.7 Å². The zero-order chi connectivity index (χ0) is 10.4. The van der Waals surface area contributed by atoms with Gasteiger partial charge < -0.3 is 5.73 Å². The van der Waals surface area contributed by atoms with E-state index in [1.165, 1.54) is 6.42 Å². The third-order valence-corrected chi connectivity index (χ3v) is 2.80. The highest BCUT2D eigenvalue weighted by Crippen LogP contribution is 2.21. The summed E-state index contributed by atoms with van der Waals surface area (Å²) in [7, 11) is 0. The van der Waals surface area contributed by atoms with E-state index in [0.717, 1.165) is 19.3 Å². The van der Waals surface area contributed by atoms with Crippen LogP contribution in [-0.2, 0) is 0 Å². The van der Waals surface area contributed by atoms with Crippen molar-refractivity contribution in [3.05, 3.63) is 0 Å². The topological polar surface area (TPSA) is 76.8 Å². The SMILES string of the molecule is N#CCN(CC#N)C1CCCCC1N. The largest absolute Gasteiger partial charge is 0.326 e. The fraction of sp³-hybridized carbons (Fsp3) is 0.800. The summed E-state index contributed by atoms with van der Waals surface area (Å²) in [6.45, 7) is 0.623. The molecule has 0 aromatic carbocycles. The summed E-state index contributed by atoms with van der Waals surface area (Å²) in [6.07, 6.45) is 4.36. The summed E-state index contributed by atoms with van der Waals surface area (Å²) in [5.41, 5.74) is 5.98. The smallest absolute Gasteiger partial charge is 0.0877 e. The van der Waals surface area contributed by atoms with Crippen LogP contribution in [0.25, 0.3) is 0 Å². The van der Waals surface area contributed by atoms with Gasteiger partial charge in [0.05, 0.1) is 25.2 Å². The molecule has 2 N–H and O–H groups in total. The molecular weight excluding hydrogens is 176 g/mol. The highest BCUT2D eigenvalue weighted by molar-refractivity contribution is 4.93. The van der Waals surface area contributed by atoms with Gasteiger partial charge in [0.1, 0.15) is 0 Å². The van der Waals surface area contributed by atoms with Crippen LogP contribution in [0.2, 0.25) is 0 Å². The molecule has 0 spiro atoms. The first-order chi connectivity index (χ1) is 6.79. The van der Waals surface area contributed by atoms with E-state index in [2.05, 4.69) is 12.1 Å². The quantitative estimate of drug-likeness (QED) is 0.664. The minimum Gasteiger partial charge on any atom is -0.326 e. The van der Waals surface area contributed by atoms with Crippen LogP contribution in [0.15, 0.2) is 0 Å². The second-order valence-corrected chi connectivity index (χ2v) is 3.74. The predicted molar refractivity (Wildman–Crippen MR) is 53.0 cm³/mol. The average Bonchev–Trinajstić information content (AvgIpc) is 2.18. The molecule has 0 saturated heterocycles. The summed E-state index contributed by atoms with van der Waals surface area (Å²) < 4.78 is 0. The van der Waals surface area contributed by atoms with Crippen molar-refractivity contribution < 1.29 is 0 Å². The van der Waals surface area contributed by atoms with Gasteiger partial charge in [0.25, 0.3) is 0 Å². The van der Waals surface area contributed by atoms with Crippen molar-refractivity contribution in [3.8, 4) is 12.1 Å². The number of nitriles is 2. The lowest BCUT2D eigenvalue weighted by Gasteiger charge is -2.35. The molecule has 0 aromatic heterocycles. The van der Waals surface area contributed by atoms with E-state index in [1.807, 2.05) is 4.90 Å². The minimum atomic E-state index is 0.130. The Morgan fingerprint density at radius 3 is 2.21 bits per heavy atom. The van der Waals surface area contributed by atoms with Crippen LogP contribution in [0.4, 0.5) is 0 Å². The molecule has 0 heterocycles. The fourth-order valence-electron chi connectivity index (χ4n) is 2.07. The molecule has 2 unspecified atom stereocenters. The Kier molecular flexibility index (Phi) is 4.39. The Hall–Kier alpha value is -1.10. The molecular formula is C10H16N4. The number of nitrogens with zero attached hydrogens (tertiary/aromatic N) is 3. The Bertz CT molecular complexity index is 234. The van der Waals surface area contributed by atoms with E-state index in [-0.39, 0.29) is 12.1 Å². The zero-order valence-electron chi connectivity index (χ0n) is 8.32. The summed E-state index contributed by atoms with van der Waals surface area (Å²) in [5.74, 6) is 0. The maximum absolute atomic E-state index is 8.64. The highest BCUT2D eigenvalue weighted by Gasteiger charge is 2.27. The van der Waals surface area contributed by atoms with E-state index < -0.39 is 0 Å². The van der Waals surface area contributed by atoms with Gasteiger partial charge in [0.2, 0.25) is 0 Å². The van der Waals surface area contributed by atoms with Gasteiger partial charge in [-0.3, -0.25) is 4.90 Å². The zero-order valence-corrected chi connectivity index (χ0v) is 8.32. The maximum Gasteiger partial charge on any atom is 0.0877 e. The van der Waals surface area contributed by atoms with E-state index in [4.69, 9.17) is 16.3 Å². The number of hydrogen-bond donors (Lipinski definition) is 1. The Morgan fingerprint density at radius 1 is 1.14 bits per heavy atom. The van der Waals surface area contributed by atoms with Crippen molar-refractivity contribution in [2.75, 3.05) is 13.1 Å². The predicted octanol–water partition coefficient (Wildman–Crippen LogP) is 0.605. The summed E-state index contributed by atoms with van der Waals surface area (Å²) in [5, 5.41) is 17.3. The second-order valence-electron chi connectivity index (χ2n) is 3.74. The van der Waals surface area contributed by atoms with Crippen LogP contribution >= 0.6 is 0 Å². The van der Waals surface area contributed by atoms with E-state index >= 15 is 0 Å². The van der Waals surface area contributed by atoms with Crippen molar-refractivity contribution in [3.63, 3.8) is 0 Å². The highest BCUT2D eigenvalue weighted by atomic mass is 15.2. The van der Waals surface area contributed by atoms with Gasteiger partial charge in [-0.2, -0.15) is 10.5 Å². The molecule has 76 valence electrons. The van der Waals surface area contributed by atoms with E-state index in [1.54, 1.807) is 0 Å². The molecule has 2 atom stereocenters. The number of hydrogen-bond acceptors (Lipinski definition) is 4. The van der Waals surface area contributed by atoms with E-state index in [9.17, 15) is 0 Å². The fourth-order valence-corrected chi connectivity index (χ4v) is 2.07. The number of nitrogens with two attached hydrogens (primary N) is 1. The van der Waals surface area contributed by atoms with Crippen LogP contribution in [0.3, 0.4) is 0 Å². The molecule has 4 nitrogen and oxygen atoms in total. The Labute approximate surface area is 84.9 Å².